The van der Waals surface area contributed by atoms with Crippen LogP contribution in [0.25, 0.3) is 11.6 Å². The van der Waals surface area contributed by atoms with Crippen LogP contribution in [0.3, 0.4) is 0 Å². The van der Waals surface area contributed by atoms with Crippen molar-refractivity contribution in [1.29, 1.82) is 0 Å². The van der Waals surface area contributed by atoms with Crippen LogP contribution in [0.4, 0.5) is 0 Å². The number of hydrogen-bond acceptors (Lipinski definition) is 10. The van der Waals surface area contributed by atoms with Gasteiger partial charge in [-0.15, -0.1) is 0 Å². The molecular formula is C24H28Cl2N8O4. The predicted molar refractivity (Wildman–Crippen MR) is 140 cm³/mol. The van der Waals surface area contributed by atoms with Gasteiger partial charge in [-0.2, -0.15) is 20.2 Å². The van der Waals surface area contributed by atoms with Crippen LogP contribution in [-0.2, 0) is 16.1 Å². The highest BCUT2D eigenvalue weighted by Crippen LogP contribution is 2.13. The lowest BCUT2D eigenvalue weighted by Gasteiger charge is -1.99. The van der Waals surface area contributed by atoms with E-state index in [1.165, 1.54) is 23.7 Å². The van der Waals surface area contributed by atoms with Gasteiger partial charge in [0.05, 0.1) is 24.6 Å². The van der Waals surface area contributed by atoms with Crippen molar-refractivity contribution >= 4 is 29.2 Å². The van der Waals surface area contributed by atoms with Crippen LogP contribution in [0.1, 0.15) is 47.1 Å². The van der Waals surface area contributed by atoms with E-state index in [1.807, 2.05) is 6.92 Å². The summed E-state index contributed by atoms with van der Waals surface area (Å²) >= 11 is 11.4. The van der Waals surface area contributed by atoms with Crippen molar-refractivity contribution in [3.05, 3.63) is 70.0 Å². The maximum atomic E-state index is 11.6. The Labute approximate surface area is 229 Å². The second kappa shape index (κ2) is 14.5. The van der Waals surface area contributed by atoms with Crippen molar-refractivity contribution in [1.82, 2.24) is 39.5 Å². The molecule has 1 saturated heterocycles. The van der Waals surface area contributed by atoms with E-state index in [0.717, 1.165) is 24.5 Å². The number of aromatic nitrogens is 8. The van der Waals surface area contributed by atoms with Gasteiger partial charge in [0.2, 0.25) is 10.6 Å². The fourth-order valence-electron chi connectivity index (χ4n) is 3.17. The quantitative estimate of drug-likeness (QED) is 0.282. The molecule has 4 aromatic heterocycles. The molecule has 14 heteroatoms. The minimum atomic E-state index is -0.401. The van der Waals surface area contributed by atoms with E-state index in [4.69, 9.17) is 37.8 Å². The van der Waals surface area contributed by atoms with Crippen molar-refractivity contribution in [2.45, 2.75) is 40.2 Å². The third-order valence-corrected chi connectivity index (χ3v) is 5.45. The average molecular weight is 563 g/mol. The van der Waals surface area contributed by atoms with E-state index in [-0.39, 0.29) is 17.2 Å². The summed E-state index contributed by atoms with van der Waals surface area (Å²) in [4.78, 5) is 27.2. The minimum absolute atomic E-state index is 0.0371. The molecule has 4 aromatic rings. The highest BCUT2D eigenvalue weighted by atomic mass is 35.5. The van der Waals surface area contributed by atoms with Crippen LogP contribution in [0, 0.1) is 13.8 Å². The Morgan fingerprint density at radius 1 is 0.974 bits per heavy atom. The van der Waals surface area contributed by atoms with Crippen molar-refractivity contribution < 1.29 is 19.4 Å². The summed E-state index contributed by atoms with van der Waals surface area (Å²) in [6.07, 6.45) is 8.91. The number of esters is 1. The van der Waals surface area contributed by atoms with Crippen molar-refractivity contribution in [2.24, 2.45) is 0 Å². The summed E-state index contributed by atoms with van der Waals surface area (Å²) in [7, 11) is 0. The highest BCUT2D eigenvalue weighted by Gasteiger charge is 2.15. The molecule has 1 aliphatic heterocycles. The number of hydrogen-bond donors (Lipinski definition) is 1. The first kappa shape index (κ1) is 29.1. The Balaban J connectivity index is 0.000000180. The number of aryl methyl sites for hydroxylation is 2. The molecule has 1 N–H and O–H groups in total. The summed E-state index contributed by atoms with van der Waals surface area (Å²) in [5.41, 5.74) is 2.52. The molecule has 1 aliphatic rings. The SMILES string of the molecule is C1CCOC1.CCOC(=O)c1cn(-c2ccnc(Cl)n2)nc1C.Cc1nn(-c2ccnc(Cl)n2)cc1CO. The summed E-state index contributed by atoms with van der Waals surface area (Å²) in [6, 6.07) is 3.34. The molecule has 0 amide bonds. The van der Waals surface area contributed by atoms with E-state index in [0.29, 0.717) is 29.5 Å². The van der Waals surface area contributed by atoms with Crippen LogP contribution in [0.15, 0.2) is 36.9 Å². The maximum absolute atomic E-state index is 11.6. The van der Waals surface area contributed by atoms with E-state index >= 15 is 0 Å². The second-order valence-electron chi connectivity index (χ2n) is 7.82. The van der Waals surface area contributed by atoms with Gasteiger partial charge in [0.25, 0.3) is 0 Å². The molecular weight excluding hydrogens is 535 g/mol. The smallest absolute Gasteiger partial charge is 0.341 e. The zero-order valence-electron chi connectivity index (χ0n) is 21.2. The molecule has 5 heterocycles. The lowest BCUT2D eigenvalue weighted by molar-refractivity contribution is 0.0525. The first-order valence-corrected chi connectivity index (χ1v) is 12.5. The first-order valence-electron chi connectivity index (χ1n) is 11.8. The van der Waals surface area contributed by atoms with Gasteiger partial charge in [0.15, 0.2) is 11.6 Å². The van der Waals surface area contributed by atoms with E-state index in [2.05, 4.69) is 30.1 Å². The number of aliphatic hydroxyl groups excluding tert-OH is 1. The van der Waals surface area contributed by atoms with Crippen LogP contribution in [-0.4, -0.2) is 70.4 Å². The average Bonchev–Trinajstić information content (AvgIpc) is 3.67. The third kappa shape index (κ3) is 8.28. The largest absolute Gasteiger partial charge is 0.462 e. The molecule has 0 aromatic carbocycles. The Bertz CT molecular complexity index is 1330. The number of aliphatic hydroxyl groups is 1. The molecule has 0 atom stereocenters. The third-order valence-electron chi connectivity index (χ3n) is 5.08. The monoisotopic (exact) mass is 562 g/mol. The molecule has 0 saturated carbocycles. The molecule has 12 nitrogen and oxygen atoms in total. The van der Waals surface area contributed by atoms with Gasteiger partial charge in [0.1, 0.15) is 5.56 Å². The fraction of sp³-hybridized carbons (Fsp3) is 0.375. The molecule has 202 valence electrons. The number of halogens is 2. The van der Waals surface area contributed by atoms with Gasteiger partial charge in [-0.1, -0.05) is 0 Å². The number of nitrogens with zero attached hydrogens (tertiary/aromatic N) is 8. The number of ether oxygens (including phenoxy) is 2. The Morgan fingerprint density at radius 3 is 1.97 bits per heavy atom. The van der Waals surface area contributed by atoms with Crippen LogP contribution in [0.2, 0.25) is 10.6 Å². The molecule has 1 fully saturated rings. The number of carbonyl (C=O) groups is 1. The standard InChI is InChI=1S/C11H11ClN4O2.C9H9ClN4O.C4H8O/c1-3-18-10(17)8-6-16(15-7(8)2)9-4-5-13-11(12)14-9;1-6-7(5-15)4-14(13-6)8-2-3-11-9(10)12-8;1-2-4-5-3-1/h4-6H,3H2,1-2H3;2-4,15H,5H2,1H3;1-4H2. The van der Waals surface area contributed by atoms with E-state index in [9.17, 15) is 4.79 Å². The maximum Gasteiger partial charge on any atom is 0.341 e. The van der Waals surface area contributed by atoms with Gasteiger partial charge in [0, 0.05) is 55.7 Å². The Hall–Kier alpha value is -3.45. The van der Waals surface area contributed by atoms with Crippen molar-refractivity contribution in [3.8, 4) is 11.6 Å². The Morgan fingerprint density at radius 2 is 1.53 bits per heavy atom. The zero-order valence-corrected chi connectivity index (χ0v) is 22.7. The Kier molecular flexibility index (Phi) is 11.1. The van der Waals surface area contributed by atoms with Crippen molar-refractivity contribution in [3.63, 3.8) is 0 Å². The number of rotatable bonds is 5. The normalized spacial score (nSPS) is 12.3. The van der Waals surface area contributed by atoms with Crippen LogP contribution in [0.5, 0.6) is 0 Å². The van der Waals surface area contributed by atoms with Crippen LogP contribution < -0.4 is 0 Å². The van der Waals surface area contributed by atoms with Crippen molar-refractivity contribution in [2.75, 3.05) is 19.8 Å². The molecule has 0 unspecified atom stereocenters. The topological polar surface area (TPSA) is 143 Å². The van der Waals surface area contributed by atoms with Gasteiger partial charge in [-0.25, -0.2) is 24.1 Å². The van der Waals surface area contributed by atoms with E-state index < -0.39 is 5.97 Å². The molecule has 0 radical (unpaired) electrons. The molecule has 5 rings (SSSR count). The molecule has 0 spiro atoms. The summed E-state index contributed by atoms with van der Waals surface area (Å²) in [5.74, 6) is 0.674. The van der Waals surface area contributed by atoms with Crippen LogP contribution >= 0.6 is 23.2 Å². The zero-order chi connectivity index (χ0) is 27.5. The minimum Gasteiger partial charge on any atom is -0.462 e. The predicted octanol–water partition coefficient (Wildman–Crippen LogP) is 3.71. The summed E-state index contributed by atoms with van der Waals surface area (Å²) < 4.78 is 12.9. The van der Waals surface area contributed by atoms with Gasteiger partial charge < -0.3 is 14.6 Å². The lowest BCUT2D eigenvalue weighted by Crippen LogP contribution is -2.04. The molecule has 38 heavy (non-hydrogen) atoms. The second-order valence-corrected chi connectivity index (χ2v) is 8.50. The molecule has 0 aliphatic carbocycles. The fourth-order valence-corrected chi connectivity index (χ4v) is 3.46. The highest BCUT2D eigenvalue weighted by molar-refractivity contribution is 6.28. The van der Waals surface area contributed by atoms with Gasteiger partial charge >= 0.3 is 5.97 Å². The number of carbonyl (C=O) groups excluding carboxylic acids is 1. The van der Waals surface area contributed by atoms with Gasteiger partial charge in [-0.05, 0) is 56.8 Å². The summed E-state index contributed by atoms with van der Waals surface area (Å²) in [6.45, 7) is 7.59. The van der Waals surface area contributed by atoms with Gasteiger partial charge in [-0.3, -0.25) is 0 Å². The molecule has 0 bridgehead atoms. The first-order chi connectivity index (χ1) is 18.3. The summed E-state index contributed by atoms with van der Waals surface area (Å²) in [5, 5.41) is 17.7. The van der Waals surface area contributed by atoms with E-state index in [1.54, 1.807) is 49.3 Å². The lowest BCUT2D eigenvalue weighted by atomic mass is 10.3.